The summed E-state index contributed by atoms with van der Waals surface area (Å²) < 4.78 is 0. The lowest BCUT2D eigenvalue weighted by atomic mass is 10.0. The predicted octanol–water partition coefficient (Wildman–Crippen LogP) is 8.32. The highest BCUT2D eigenvalue weighted by Gasteiger charge is 1.93. The number of allylic oxidation sites excluding steroid dienone is 8. The number of unbranched alkanes of at least 4 members (excludes halogenated alkanes) is 2. The minimum atomic E-state index is 1.18. The van der Waals surface area contributed by atoms with Crippen LogP contribution in [-0.2, 0) is 0 Å². The van der Waals surface area contributed by atoms with E-state index >= 15 is 0 Å². The zero-order valence-corrected chi connectivity index (χ0v) is 16.7. The van der Waals surface area contributed by atoms with Gasteiger partial charge in [0.25, 0.3) is 0 Å². The van der Waals surface area contributed by atoms with Crippen molar-refractivity contribution in [2.45, 2.75) is 99.3 Å². The van der Waals surface area contributed by atoms with Crippen LogP contribution in [0.15, 0.2) is 46.6 Å². The van der Waals surface area contributed by atoms with Crippen molar-refractivity contribution < 1.29 is 0 Å². The van der Waals surface area contributed by atoms with Crippen molar-refractivity contribution in [2.75, 3.05) is 0 Å². The molecule has 0 aromatic rings. The average molecular weight is 317 g/mol. The summed E-state index contributed by atoms with van der Waals surface area (Å²) in [5.74, 6) is 0. The van der Waals surface area contributed by atoms with Crippen molar-refractivity contribution in [2.24, 2.45) is 0 Å². The van der Waals surface area contributed by atoms with Gasteiger partial charge in [-0.25, -0.2) is 0 Å². The summed E-state index contributed by atoms with van der Waals surface area (Å²) >= 11 is 0. The SMILES string of the molecule is CCCC/C=C(\C)CC/C=C(/C)CC/C=C(\C)CCC=C(C)C. The van der Waals surface area contributed by atoms with E-state index in [0.29, 0.717) is 0 Å². The van der Waals surface area contributed by atoms with Crippen LogP contribution in [0.5, 0.6) is 0 Å². The molecule has 23 heavy (non-hydrogen) atoms. The fourth-order valence-corrected chi connectivity index (χ4v) is 2.54. The molecule has 0 aliphatic carbocycles. The lowest BCUT2D eigenvalue weighted by molar-refractivity contribution is 0.804. The zero-order chi connectivity index (χ0) is 17.5. The second-order valence-corrected chi connectivity index (χ2v) is 7.19. The van der Waals surface area contributed by atoms with Gasteiger partial charge in [-0.2, -0.15) is 0 Å². The molecule has 0 aromatic heterocycles. The summed E-state index contributed by atoms with van der Waals surface area (Å²) in [6.07, 6.45) is 20.7. The molecule has 0 saturated heterocycles. The Labute approximate surface area is 146 Å². The van der Waals surface area contributed by atoms with Gasteiger partial charge in [0.1, 0.15) is 0 Å². The first-order valence-electron chi connectivity index (χ1n) is 9.56. The number of hydrogen-bond donors (Lipinski definition) is 0. The van der Waals surface area contributed by atoms with Crippen LogP contribution in [0, 0.1) is 0 Å². The fraction of sp³-hybridized carbons (Fsp3) is 0.652. The molecule has 0 aromatic carbocycles. The van der Waals surface area contributed by atoms with E-state index in [-0.39, 0.29) is 0 Å². The third-order valence-corrected chi connectivity index (χ3v) is 4.20. The smallest absolute Gasteiger partial charge is 0.0288 e. The molecule has 0 N–H and O–H groups in total. The van der Waals surface area contributed by atoms with Crippen molar-refractivity contribution in [1.82, 2.24) is 0 Å². The second-order valence-electron chi connectivity index (χ2n) is 7.19. The first-order chi connectivity index (χ1) is 11.0. The van der Waals surface area contributed by atoms with Gasteiger partial charge in [-0.15, -0.1) is 0 Å². The normalized spacial score (nSPS) is 13.4. The highest BCUT2D eigenvalue weighted by atomic mass is 14.0. The number of hydrogen-bond acceptors (Lipinski definition) is 0. The van der Waals surface area contributed by atoms with Gasteiger partial charge in [-0.1, -0.05) is 66.4 Å². The van der Waals surface area contributed by atoms with Gasteiger partial charge in [0, 0.05) is 0 Å². The van der Waals surface area contributed by atoms with Crippen LogP contribution in [0.25, 0.3) is 0 Å². The van der Waals surface area contributed by atoms with Crippen LogP contribution in [0.4, 0.5) is 0 Å². The summed E-state index contributed by atoms with van der Waals surface area (Å²) in [5, 5.41) is 0. The lowest BCUT2D eigenvalue weighted by Gasteiger charge is -2.02. The van der Waals surface area contributed by atoms with Crippen molar-refractivity contribution in [1.29, 1.82) is 0 Å². The third-order valence-electron chi connectivity index (χ3n) is 4.20. The molecule has 0 atom stereocenters. The quantitative estimate of drug-likeness (QED) is 0.251. The molecule has 0 unspecified atom stereocenters. The molecule has 0 radical (unpaired) electrons. The Morgan fingerprint density at radius 3 is 1.35 bits per heavy atom. The van der Waals surface area contributed by atoms with E-state index in [4.69, 9.17) is 0 Å². The minimum absolute atomic E-state index is 1.18. The molecule has 132 valence electrons. The van der Waals surface area contributed by atoms with Crippen molar-refractivity contribution >= 4 is 0 Å². The van der Waals surface area contributed by atoms with Gasteiger partial charge >= 0.3 is 0 Å². The fourth-order valence-electron chi connectivity index (χ4n) is 2.54. The maximum Gasteiger partial charge on any atom is -0.0288 e. The molecule has 0 aliphatic heterocycles. The van der Waals surface area contributed by atoms with E-state index in [0.717, 1.165) is 0 Å². The van der Waals surface area contributed by atoms with E-state index in [1.165, 1.54) is 68.9 Å². The summed E-state index contributed by atoms with van der Waals surface area (Å²) in [6, 6.07) is 0. The Morgan fingerprint density at radius 2 is 0.957 bits per heavy atom. The molecule has 0 spiro atoms. The van der Waals surface area contributed by atoms with Gasteiger partial charge in [-0.3, -0.25) is 0 Å². The topological polar surface area (TPSA) is 0 Å². The molecular formula is C23H40. The Morgan fingerprint density at radius 1 is 0.565 bits per heavy atom. The largest absolute Gasteiger partial charge is 0.0856 e. The van der Waals surface area contributed by atoms with Gasteiger partial charge in [0.05, 0.1) is 0 Å². The standard InChI is InChI=1S/C23H40/c1-7-8-9-14-21(4)16-11-18-23(6)19-12-17-22(5)15-10-13-20(2)3/h13-14,17-18H,7-12,15-16,19H2,1-6H3/b21-14+,22-17+,23-18-. The number of rotatable bonds is 12. The van der Waals surface area contributed by atoms with Crippen molar-refractivity contribution in [3.8, 4) is 0 Å². The second kappa shape index (κ2) is 14.5. The van der Waals surface area contributed by atoms with Gasteiger partial charge in [0.2, 0.25) is 0 Å². The van der Waals surface area contributed by atoms with Crippen molar-refractivity contribution in [3.63, 3.8) is 0 Å². The molecule has 0 heterocycles. The van der Waals surface area contributed by atoms with Crippen LogP contribution >= 0.6 is 0 Å². The van der Waals surface area contributed by atoms with E-state index in [9.17, 15) is 0 Å². The Hall–Kier alpha value is -1.04. The first-order valence-corrected chi connectivity index (χ1v) is 9.56. The van der Waals surface area contributed by atoms with Gasteiger partial charge in [-0.05, 0) is 79.6 Å². The molecule has 0 saturated carbocycles. The maximum atomic E-state index is 2.43. The lowest BCUT2D eigenvalue weighted by Crippen LogP contribution is -1.82. The summed E-state index contributed by atoms with van der Waals surface area (Å²) in [6.45, 7) is 13.4. The Kier molecular flexibility index (Phi) is 13.9. The maximum absolute atomic E-state index is 2.43. The molecule has 0 aliphatic rings. The summed E-state index contributed by atoms with van der Waals surface area (Å²) in [4.78, 5) is 0. The Bertz CT molecular complexity index is 411. The third kappa shape index (κ3) is 15.6. The molecule has 0 amide bonds. The predicted molar refractivity (Wildman–Crippen MR) is 108 cm³/mol. The van der Waals surface area contributed by atoms with E-state index in [1.54, 1.807) is 11.1 Å². The molecule has 0 nitrogen and oxygen atoms in total. The molecular weight excluding hydrogens is 276 g/mol. The van der Waals surface area contributed by atoms with Crippen LogP contribution in [-0.4, -0.2) is 0 Å². The minimum Gasteiger partial charge on any atom is -0.0856 e. The molecule has 0 fully saturated rings. The molecule has 0 rings (SSSR count). The summed E-state index contributed by atoms with van der Waals surface area (Å²) in [7, 11) is 0. The van der Waals surface area contributed by atoms with E-state index in [1.807, 2.05) is 0 Å². The Balaban J connectivity index is 3.93. The van der Waals surface area contributed by atoms with Gasteiger partial charge < -0.3 is 0 Å². The highest BCUT2D eigenvalue weighted by molar-refractivity contribution is 5.07. The molecule has 0 heteroatoms. The van der Waals surface area contributed by atoms with Crippen LogP contribution in [0.1, 0.15) is 99.3 Å². The van der Waals surface area contributed by atoms with Crippen LogP contribution in [0.2, 0.25) is 0 Å². The van der Waals surface area contributed by atoms with E-state index < -0.39 is 0 Å². The highest BCUT2D eigenvalue weighted by Crippen LogP contribution is 2.14. The monoisotopic (exact) mass is 316 g/mol. The average Bonchev–Trinajstić information content (AvgIpc) is 2.47. The van der Waals surface area contributed by atoms with Crippen LogP contribution in [0.3, 0.4) is 0 Å². The zero-order valence-electron chi connectivity index (χ0n) is 16.7. The van der Waals surface area contributed by atoms with Crippen molar-refractivity contribution in [3.05, 3.63) is 46.6 Å². The van der Waals surface area contributed by atoms with E-state index in [2.05, 4.69) is 65.8 Å². The summed E-state index contributed by atoms with van der Waals surface area (Å²) in [5.41, 5.74) is 6.05. The molecule has 0 bridgehead atoms. The van der Waals surface area contributed by atoms with Gasteiger partial charge in [0.15, 0.2) is 0 Å². The van der Waals surface area contributed by atoms with Crippen LogP contribution < -0.4 is 0 Å². The first kappa shape index (κ1) is 22.0.